The number of rotatable bonds is 7. The molecule has 66 heavy (non-hydrogen) atoms. The maximum atomic E-state index is 6.28. The predicted octanol–water partition coefficient (Wildman–Crippen LogP) is 18.3. The average molecular weight is 840 g/mol. The molecule has 0 saturated carbocycles. The fraction of sp³-hybridized carbons (Fsp3) is 0. The standard InChI is InChI=1S/C64H41NO/c1-3-17-54-43(11-1)29-30-50-39-49(34-37-57(50)54)48-14-8-16-53(41-48)65(51-35-31-46(32-36-51)58-21-10-24-63-64(58)61-19-5-6-23-62(61)66-63)52-15-7-13-47(40-52)42-25-27-45(28-26-42)56-20-9-22-59-55-18-4-2-12-44(55)33-38-60(56)59/h1-41H. The van der Waals surface area contributed by atoms with Gasteiger partial charge in [0.2, 0.25) is 0 Å². The molecule has 0 unspecified atom stereocenters. The molecule has 0 saturated heterocycles. The second kappa shape index (κ2) is 15.5. The van der Waals surface area contributed by atoms with Crippen molar-refractivity contribution in [2.24, 2.45) is 0 Å². The van der Waals surface area contributed by atoms with E-state index in [4.69, 9.17) is 4.42 Å². The molecule has 13 rings (SSSR count). The molecule has 1 aromatic heterocycles. The van der Waals surface area contributed by atoms with Gasteiger partial charge in [0.25, 0.3) is 0 Å². The minimum atomic E-state index is 0.897. The molecule has 2 heteroatoms. The maximum absolute atomic E-state index is 6.28. The van der Waals surface area contributed by atoms with Crippen LogP contribution in [0.15, 0.2) is 253 Å². The van der Waals surface area contributed by atoms with Crippen LogP contribution in [0.5, 0.6) is 0 Å². The lowest BCUT2D eigenvalue weighted by Gasteiger charge is -2.27. The van der Waals surface area contributed by atoms with E-state index in [1.54, 1.807) is 0 Å². The van der Waals surface area contributed by atoms with Gasteiger partial charge in [-0.3, -0.25) is 0 Å². The van der Waals surface area contributed by atoms with Crippen molar-refractivity contribution in [3.63, 3.8) is 0 Å². The number of hydrogen-bond acceptors (Lipinski definition) is 2. The molecule has 12 aromatic carbocycles. The monoisotopic (exact) mass is 839 g/mol. The van der Waals surface area contributed by atoms with Crippen LogP contribution >= 0.6 is 0 Å². The van der Waals surface area contributed by atoms with Crippen molar-refractivity contribution in [3.05, 3.63) is 249 Å². The van der Waals surface area contributed by atoms with E-state index in [0.29, 0.717) is 0 Å². The van der Waals surface area contributed by atoms with Gasteiger partial charge in [-0.05, 0) is 142 Å². The Morgan fingerprint density at radius 2 is 0.727 bits per heavy atom. The van der Waals surface area contributed by atoms with Crippen LogP contribution in [-0.4, -0.2) is 0 Å². The molecule has 0 fully saturated rings. The van der Waals surface area contributed by atoms with E-state index < -0.39 is 0 Å². The third-order valence-corrected chi connectivity index (χ3v) is 13.4. The molecule has 2 nitrogen and oxygen atoms in total. The molecule has 0 N–H and O–H groups in total. The van der Waals surface area contributed by atoms with E-state index >= 15 is 0 Å². The molecule has 0 amide bonds. The van der Waals surface area contributed by atoms with Crippen molar-refractivity contribution >= 4 is 82.1 Å². The summed E-state index contributed by atoms with van der Waals surface area (Å²) in [5.74, 6) is 0. The van der Waals surface area contributed by atoms with Gasteiger partial charge < -0.3 is 9.32 Å². The van der Waals surface area contributed by atoms with E-state index in [9.17, 15) is 0 Å². The van der Waals surface area contributed by atoms with E-state index in [-0.39, 0.29) is 0 Å². The third-order valence-electron chi connectivity index (χ3n) is 13.4. The second-order valence-corrected chi connectivity index (χ2v) is 17.2. The summed E-state index contributed by atoms with van der Waals surface area (Å²) in [7, 11) is 0. The lowest BCUT2D eigenvalue weighted by molar-refractivity contribution is 0.669. The van der Waals surface area contributed by atoms with Gasteiger partial charge in [-0.25, -0.2) is 0 Å². The van der Waals surface area contributed by atoms with Gasteiger partial charge in [-0.2, -0.15) is 0 Å². The van der Waals surface area contributed by atoms with Crippen LogP contribution in [0.25, 0.3) is 110 Å². The van der Waals surface area contributed by atoms with Crippen LogP contribution in [0.4, 0.5) is 17.1 Å². The fourth-order valence-corrected chi connectivity index (χ4v) is 10.2. The van der Waals surface area contributed by atoms with Gasteiger partial charge >= 0.3 is 0 Å². The molecule has 0 spiro atoms. The first-order chi connectivity index (χ1) is 32.7. The van der Waals surface area contributed by atoms with Crippen molar-refractivity contribution in [2.75, 3.05) is 4.90 Å². The van der Waals surface area contributed by atoms with Crippen LogP contribution in [0, 0.1) is 0 Å². The van der Waals surface area contributed by atoms with E-state index in [1.807, 2.05) is 12.1 Å². The Morgan fingerprint density at radius 1 is 0.242 bits per heavy atom. The summed E-state index contributed by atoms with van der Waals surface area (Å²) >= 11 is 0. The Hall–Kier alpha value is -8.72. The van der Waals surface area contributed by atoms with Crippen molar-refractivity contribution in [1.29, 1.82) is 0 Å². The van der Waals surface area contributed by atoms with Gasteiger partial charge in [0.15, 0.2) is 0 Å². The summed E-state index contributed by atoms with van der Waals surface area (Å²) in [6.07, 6.45) is 0. The summed E-state index contributed by atoms with van der Waals surface area (Å²) < 4.78 is 6.28. The highest BCUT2D eigenvalue weighted by molar-refractivity contribution is 6.14. The Labute approximate surface area is 382 Å². The topological polar surface area (TPSA) is 16.4 Å². The van der Waals surface area contributed by atoms with Crippen LogP contribution in [0.3, 0.4) is 0 Å². The zero-order valence-corrected chi connectivity index (χ0v) is 36.0. The number of furan rings is 1. The molecule has 0 radical (unpaired) electrons. The van der Waals surface area contributed by atoms with Gasteiger partial charge in [0.05, 0.1) is 0 Å². The third kappa shape index (κ3) is 6.42. The highest BCUT2D eigenvalue weighted by Gasteiger charge is 2.18. The normalized spacial score (nSPS) is 11.6. The number of benzene rings is 12. The van der Waals surface area contributed by atoms with Crippen LogP contribution in [-0.2, 0) is 0 Å². The highest BCUT2D eigenvalue weighted by Crippen LogP contribution is 2.42. The summed E-state index contributed by atoms with van der Waals surface area (Å²) in [6, 6.07) is 90.3. The lowest BCUT2D eigenvalue weighted by Crippen LogP contribution is -2.10. The van der Waals surface area contributed by atoms with Crippen molar-refractivity contribution < 1.29 is 4.42 Å². The molecule has 308 valence electrons. The minimum Gasteiger partial charge on any atom is -0.456 e. The lowest BCUT2D eigenvalue weighted by atomic mass is 9.93. The summed E-state index contributed by atoms with van der Waals surface area (Å²) in [6.45, 7) is 0. The number of nitrogens with zero attached hydrogens (tertiary/aromatic N) is 1. The molecule has 13 aromatic rings. The molecule has 0 aliphatic heterocycles. The molecule has 0 bridgehead atoms. The fourth-order valence-electron chi connectivity index (χ4n) is 10.2. The molecule has 1 heterocycles. The molecule has 0 aliphatic rings. The summed E-state index contributed by atoms with van der Waals surface area (Å²) in [5.41, 5.74) is 14.4. The van der Waals surface area contributed by atoms with Crippen LogP contribution < -0.4 is 4.90 Å². The predicted molar refractivity (Wildman–Crippen MR) is 280 cm³/mol. The minimum absolute atomic E-state index is 0.897. The van der Waals surface area contributed by atoms with Gasteiger partial charge in [-0.1, -0.05) is 194 Å². The van der Waals surface area contributed by atoms with Crippen molar-refractivity contribution in [1.82, 2.24) is 0 Å². The van der Waals surface area contributed by atoms with Crippen LogP contribution in [0.2, 0.25) is 0 Å². The van der Waals surface area contributed by atoms with E-state index in [1.165, 1.54) is 65.3 Å². The molecule has 0 atom stereocenters. The molecular weight excluding hydrogens is 799 g/mol. The Balaban J connectivity index is 0.903. The van der Waals surface area contributed by atoms with E-state index in [0.717, 1.165) is 61.3 Å². The number of anilines is 3. The number of para-hydroxylation sites is 1. The van der Waals surface area contributed by atoms with Crippen molar-refractivity contribution in [2.45, 2.75) is 0 Å². The smallest absolute Gasteiger partial charge is 0.136 e. The largest absolute Gasteiger partial charge is 0.456 e. The summed E-state index contributed by atoms with van der Waals surface area (Å²) in [4.78, 5) is 2.38. The first-order valence-corrected chi connectivity index (χ1v) is 22.6. The maximum Gasteiger partial charge on any atom is 0.136 e. The van der Waals surface area contributed by atoms with Gasteiger partial charge in [0, 0.05) is 27.8 Å². The zero-order valence-electron chi connectivity index (χ0n) is 36.0. The second-order valence-electron chi connectivity index (χ2n) is 17.2. The molecular formula is C64H41NO. The van der Waals surface area contributed by atoms with Gasteiger partial charge in [0.1, 0.15) is 11.2 Å². The zero-order chi connectivity index (χ0) is 43.6. The van der Waals surface area contributed by atoms with Crippen molar-refractivity contribution in [3.8, 4) is 44.5 Å². The average Bonchev–Trinajstić information content (AvgIpc) is 3.78. The first-order valence-electron chi connectivity index (χ1n) is 22.6. The highest BCUT2D eigenvalue weighted by atomic mass is 16.3. The van der Waals surface area contributed by atoms with Gasteiger partial charge in [-0.15, -0.1) is 0 Å². The first kappa shape index (κ1) is 37.8. The quantitative estimate of drug-likeness (QED) is 0.149. The number of hydrogen-bond donors (Lipinski definition) is 0. The van der Waals surface area contributed by atoms with Crippen LogP contribution in [0.1, 0.15) is 0 Å². The SMILES string of the molecule is c1cc(-c2ccc(-c3cccc4c3ccc3ccccc34)cc2)cc(N(c2ccc(-c3cccc4oc5ccccc5c34)cc2)c2cccc(-c3ccc4c(ccc5ccccc54)c3)c2)c1. The summed E-state index contributed by atoms with van der Waals surface area (Å²) in [5, 5.41) is 12.4. The Bertz CT molecular complexity index is 3990. The Kier molecular flexibility index (Phi) is 8.89. The Morgan fingerprint density at radius 3 is 1.50 bits per heavy atom. The number of fused-ring (bicyclic) bond motifs is 9. The molecule has 0 aliphatic carbocycles. The van der Waals surface area contributed by atoms with E-state index in [2.05, 4.69) is 241 Å².